The van der Waals surface area contributed by atoms with Crippen molar-refractivity contribution in [2.75, 3.05) is 18.0 Å². The minimum atomic E-state index is -0.741. The summed E-state index contributed by atoms with van der Waals surface area (Å²) in [5, 5.41) is 22.8. The van der Waals surface area contributed by atoms with E-state index in [-0.39, 0.29) is 23.7 Å². The molecule has 0 unspecified atom stereocenters. The molecule has 2 aromatic rings. The fraction of sp³-hybridized carbons (Fsp3) is 0.455. The van der Waals surface area contributed by atoms with Crippen LogP contribution in [0.4, 0.5) is 17.2 Å². The van der Waals surface area contributed by atoms with E-state index in [9.17, 15) is 14.7 Å². The van der Waals surface area contributed by atoms with Crippen molar-refractivity contribution < 1.29 is 15.0 Å². The van der Waals surface area contributed by atoms with Crippen LogP contribution in [-0.2, 0) is 4.79 Å². The molecule has 1 aromatic carbocycles. The molecule has 0 radical (unpaired) electrons. The van der Waals surface area contributed by atoms with Crippen molar-refractivity contribution >= 4 is 29.4 Å². The molecule has 1 saturated carbocycles. The van der Waals surface area contributed by atoms with Crippen molar-refractivity contribution in [3.05, 3.63) is 44.5 Å². The van der Waals surface area contributed by atoms with Gasteiger partial charge in [0, 0.05) is 25.6 Å². The van der Waals surface area contributed by atoms with Crippen molar-refractivity contribution in [1.29, 1.82) is 0 Å². The average Bonchev–Trinajstić information content (AvgIpc) is 3.15. The number of H-pyrrole nitrogens is 1. The van der Waals surface area contributed by atoms with Crippen molar-refractivity contribution in [2.45, 2.75) is 45.6 Å². The van der Waals surface area contributed by atoms with E-state index < -0.39 is 11.7 Å². The number of benzene rings is 1. The number of fused-ring (bicyclic) bond motifs is 2. The van der Waals surface area contributed by atoms with Gasteiger partial charge in [0.05, 0.1) is 11.4 Å². The quantitative estimate of drug-likeness (QED) is 0.549. The fourth-order valence-electron chi connectivity index (χ4n) is 4.49. The molecule has 4 N–H and O–H groups in total. The standard InChI is InChI=1S/C22H27N5O4/c1-12-7-16-18(8-13(12)2)27(21-20(24-16)17(11-28)25-22(31)26-21)6-5-23-15-4-3-14(9-15)10-19(29)30/h7-8,11,14-15,23,28H,3-6,9-10H2,1-2H3,(H,25,31)(H,29,30)/b17-11-/t14-,15+/m1/s1. The zero-order chi connectivity index (χ0) is 22.1. The Labute approximate surface area is 179 Å². The molecule has 2 heterocycles. The van der Waals surface area contributed by atoms with E-state index in [0.29, 0.717) is 24.3 Å². The number of anilines is 2. The maximum absolute atomic E-state index is 12.1. The molecule has 31 heavy (non-hydrogen) atoms. The predicted octanol–water partition coefficient (Wildman–Crippen LogP) is 1.32. The van der Waals surface area contributed by atoms with Gasteiger partial charge in [-0.1, -0.05) is 0 Å². The summed E-state index contributed by atoms with van der Waals surface area (Å²) in [6.07, 6.45) is 3.80. The van der Waals surface area contributed by atoms with Gasteiger partial charge < -0.3 is 25.4 Å². The highest BCUT2D eigenvalue weighted by Gasteiger charge is 2.27. The lowest BCUT2D eigenvalue weighted by atomic mass is 10.0. The van der Waals surface area contributed by atoms with E-state index in [4.69, 9.17) is 5.11 Å². The number of hydrogen-bond donors (Lipinski definition) is 4. The van der Waals surface area contributed by atoms with Gasteiger partial charge in [0.25, 0.3) is 0 Å². The van der Waals surface area contributed by atoms with E-state index in [2.05, 4.69) is 20.3 Å². The first-order valence-corrected chi connectivity index (χ1v) is 10.5. The zero-order valence-corrected chi connectivity index (χ0v) is 17.7. The summed E-state index contributed by atoms with van der Waals surface area (Å²) in [5.74, 6) is -0.107. The molecule has 1 aliphatic carbocycles. The SMILES string of the molecule is Cc1cc2c(cc1C)N(CCN[C@H]1CC[C@@H](CC(=O)O)C1)c1nc(=O)[nH]/c(=C\O)c1=N2. The van der Waals surface area contributed by atoms with Crippen LogP contribution in [0.5, 0.6) is 0 Å². The monoisotopic (exact) mass is 425 g/mol. The Morgan fingerprint density at radius 1 is 1.32 bits per heavy atom. The van der Waals surface area contributed by atoms with E-state index in [1.54, 1.807) is 0 Å². The number of aromatic amines is 1. The molecule has 164 valence electrons. The van der Waals surface area contributed by atoms with Gasteiger partial charge in [0.15, 0.2) is 5.82 Å². The number of rotatable bonds is 6. The number of nitrogens with zero attached hydrogens (tertiary/aromatic N) is 3. The molecule has 0 spiro atoms. The number of aryl methyl sites for hydroxylation is 2. The largest absolute Gasteiger partial charge is 0.513 e. The Morgan fingerprint density at radius 2 is 2.10 bits per heavy atom. The highest BCUT2D eigenvalue weighted by atomic mass is 16.4. The van der Waals surface area contributed by atoms with E-state index >= 15 is 0 Å². The van der Waals surface area contributed by atoms with Gasteiger partial charge in [-0.3, -0.25) is 4.79 Å². The second-order valence-corrected chi connectivity index (χ2v) is 8.37. The summed E-state index contributed by atoms with van der Waals surface area (Å²) in [6.45, 7) is 5.24. The smallest absolute Gasteiger partial charge is 0.347 e. The van der Waals surface area contributed by atoms with Crippen LogP contribution in [0.1, 0.15) is 36.8 Å². The van der Waals surface area contributed by atoms with Crippen LogP contribution >= 0.6 is 0 Å². The van der Waals surface area contributed by atoms with Gasteiger partial charge in [-0.2, -0.15) is 4.98 Å². The highest BCUT2D eigenvalue weighted by Crippen LogP contribution is 2.36. The molecule has 1 aliphatic heterocycles. The number of carbonyl (C=O) groups is 1. The first-order chi connectivity index (χ1) is 14.9. The predicted molar refractivity (Wildman–Crippen MR) is 117 cm³/mol. The molecule has 0 bridgehead atoms. The Bertz CT molecular complexity index is 1190. The van der Waals surface area contributed by atoms with Crippen LogP contribution in [0.15, 0.2) is 21.9 Å². The lowest BCUT2D eigenvalue weighted by Gasteiger charge is -2.29. The Kier molecular flexibility index (Phi) is 5.77. The van der Waals surface area contributed by atoms with Gasteiger partial charge in [0.1, 0.15) is 17.0 Å². The van der Waals surface area contributed by atoms with Gasteiger partial charge in [-0.05, 0) is 62.3 Å². The van der Waals surface area contributed by atoms with Crippen LogP contribution in [-0.4, -0.2) is 45.3 Å². The zero-order valence-electron chi connectivity index (χ0n) is 17.7. The molecule has 4 rings (SSSR count). The minimum absolute atomic E-state index is 0.221. The number of aliphatic hydroxyl groups excluding tert-OH is 1. The average molecular weight is 425 g/mol. The topological polar surface area (TPSA) is 131 Å². The van der Waals surface area contributed by atoms with Gasteiger partial charge >= 0.3 is 11.7 Å². The summed E-state index contributed by atoms with van der Waals surface area (Å²) >= 11 is 0. The highest BCUT2D eigenvalue weighted by molar-refractivity contribution is 5.77. The lowest BCUT2D eigenvalue weighted by molar-refractivity contribution is -0.138. The second kappa shape index (κ2) is 8.50. The van der Waals surface area contributed by atoms with Crippen molar-refractivity contribution in [1.82, 2.24) is 15.3 Å². The first-order valence-electron chi connectivity index (χ1n) is 10.5. The van der Waals surface area contributed by atoms with Gasteiger partial charge in [0.2, 0.25) is 0 Å². The molecule has 2 aliphatic rings. The van der Waals surface area contributed by atoms with E-state index in [1.165, 1.54) is 0 Å². The minimum Gasteiger partial charge on any atom is -0.513 e. The molecule has 9 heteroatoms. The third kappa shape index (κ3) is 4.32. The summed E-state index contributed by atoms with van der Waals surface area (Å²) in [4.78, 5) is 36.3. The Morgan fingerprint density at radius 3 is 2.84 bits per heavy atom. The third-order valence-electron chi connectivity index (χ3n) is 6.19. The fourth-order valence-corrected chi connectivity index (χ4v) is 4.49. The van der Waals surface area contributed by atoms with Crippen LogP contribution in [0.2, 0.25) is 0 Å². The number of carboxylic acid groups (broad SMARTS) is 1. The number of carboxylic acids is 1. The van der Waals surface area contributed by atoms with Gasteiger partial charge in [-0.15, -0.1) is 0 Å². The van der Waals surface area contributed by atoms with Gasteiger partial charge in [-0.25, -0.2) is 9.79 Å². The second-order valence-electron chi connectivity index (χ2n) is 8.37. The summed E-state index contributed by atoms with van der Waals surface area (Å²) in [6, 6.07) is 4.32. The summed E-state index contributed by atoms with van der Waals surface area (Å²) < 4.78 is 0. The first kappa shape index (κ1) is 21.0. The van der Waals surface area contributed by atoms with Crippen LogP contribution in [0.3, 0.4) is 0 Å². The summed E-state index contributed by atoms with van der Waals surface area (Å²) in [5.41, 5.74) is 3.30. The molecule has 0 saturated heterocycles. The normalized spacial score (nSPS) is 20.3. The van der Waals surface area contributed by atoms with Crippen LogP contribution < -0.4 is 26.6 Å². The van der Waals surface area contributed by atoms with Crippen molar-refractivity contribution in [3.8, 4) is 0 Å². The van der Waals surface area contributed by atoms with E-state index in [1.807, 2.05) is 30.9 Å². The van der Waals surface area contributed by atoms with Crippen molar-refractivity contribution in [2.24, 2.45) is 10.9 Å². The van der Waals surface area contributed by atoms with Crippen molar-refractivity contribution in [3.63, 3.8) is 0 Å². The third-order valence-corrected chi connectivity index (χ3v) is 6.19. The molecular weight excluding hydrogens is 398 g/mol. The molecular formula is C22H27N5O4. The maximum Gasteiger partial charge on any atom is 0.347 e. The number of aromatic nitrogens is 2. The Hall–Kier alpha value is -3.20. The molecule has 2 atom stereocenters. The van der Waals surface area contributed by atoms with E-state index in [0.717, 1.165) is 48.0 Å². The van der Waals surface area contributed by atoms with Crippen LogP contribution in [0, 0.1) is 19.8 Å². The maximum atomic E-state index is 12.1. The molecule has 9 nitrogen and oxygen atoms in total. The summed E-state index contributed by atoms with van der Waals surface area (Å²) in [7, 11) is 0. The number of aliphatic hydroxyl groups is 1. The molecule has 1 fully saturated rings. The molecule has 0 amide bonds. The number of nitrogens with one attached hydrogen (secondary N) is 2. The lowest BCUT2D eigenvalue weighted by Crippen LogP contribution is -2.45. The number of aliphatic carboxylic acids is 1. The number of hydrogen-bond acceptors (Lipinski definition) is 7. The Balaban J connectivity index is 1.60. The molecule has 1 aromatic heterocycles. The van der Waals surface area contributed by atoms with Crippen LogP contribution in [0.25, 0.3) is 6.26 Å².